The predicted molar refractivity (Wildman–Crippen MR) is 110 cm³/mol. The van der Waals surface area contributed by atoms with Crippen molar-refractivity contribution >= 4 is 28.8 Å². The van der Waals surface area contributed by atoms with E-state index < -0.39 is 0 Å². The van der Waals surface area contributed by atoms with Gasteiger partial charge >= 0.3 is 0 Å². The first-order valence-electron chi connectivity index (χ1n) is 9.08. The van der Waals surface area contributed by atoms with Crippen molar-refractivity contribution in [2.75, 3.05) is 6.61 Å². The molecule has 0 bridgehead atoms. The third-order valence-electron chi connectivity index (χ3n) is 4.84. The van der Waals surface area contributed by atoms with Gasteiger partial charge in [0.1, 0.15) is 0 Å². The molecule has 1 aliphatic rings. The molecule has 1 aromatic carbocycles. The van der Waals surface area contributed by atoms with E-state index in [-0.39, 0.29) is 16.7 Å². The summed E-state index contributed by atoms with van der Waals surface area (Å²) >= 11 is 3.19. The zero-order valence-corrected chi connectivity index (χ0v) is 17.0. The van der Waals surface area contributed by atoms with Crippen molar-refractivity contribution in [3.05, 3.63) is 57.0 Å². The summed E-state index contributed by atoms with van der Waals surface area (Å²) in [6.45, 7) is 3.31. The Morgan fingerprint density at radius 1 is 1.36 bits per heavy atom. The maximum absolute atomic E-state index is 11.2. The summed E-state index contributed by atoms with van der Waals surface area (Å²) in [4.78, 5) is 11.9. The van der Waals surface area contributed by atoms with E-state index in [1.54, 1.807) is 42.2 Å². The zero-order chi connectivity index (χ0) is 19.5. The lowest BCUT2D eigenvalue weighted by atomic mass is 10.1. The summed E-state index contributed by atoms with van der Waals surface area (Å²) in [7, 11) is 0. The number of rotatable bonds is 7. The van der Waals surface area contributed by atoms with Crippen LogP contribution >= 0.6 is 23.1 Å². The van der Waals surface area contributed by atoms with Crippen LogP contribution in [0.2, 0.25) is 0 Å². The van der Waals surface area contributed by atoms with Crippen LogP contribution in [0.15, 0.2) is 40.9 Å². The van der Waals surface area contributed by atoms with Crippen LogP contribution in [-0.4, -0.2) is 32.4 Å². The van der Waals surface area contributed by atoms with E-state index in [4.69, 9.17) is 4.74 Å². The number of aromatic nitrogens is 3. The molecule has 0 amide bonds. The molecule has 2 aromatic heterocycles. The van der Waals surface area contributed by atoms with Crippen molar-refractivity contribution < 1.29 is 9.66 Å². The molecule has 1 aliphatic heterocycles. The van der Waals surface area contributed by atoms with Crippen molar-refractivity contribution in [1.82, 2.24) is 14.8 Å². The number of ether oxygens (including phenoxy) is 1. The van der Waals surface area contributed by atoms with Crippen LogP contribution in [0.5, 0.6) is 0 Å². The highest BCUT2D eigenvalue weighted by Crippen LogP contribution is 2.32. The molecule has 0 radical (unpaired) electrons. The highest BCUT2D eigenvalue weighted by molar-refractivity contribution is 7.98. The molecular formula is C19H20N4O3S2. The van der Waals surface area contributed by atoms with Crippen LogP contribution in [0.3, 0.4) is 0 Å². The summed E-state index contributed by atoms with van der Waals surface area (Å²) in [5.41, 5.74) is 1.78. The van der Waals surface area contributed by atoms with Gasteiger partial charge in [-0.25, -0.2) is 0 Å². The minimum Gasteiger partial charge on any atom is -0.376 e. The van der Waals surface area contributed by atoms with Gasteiger partial charge in [-0.05, 0) is 36.8 Å². The zero-order valence-electron chi connectivity index (χ0n) is 15.4. The molecule has 7 nitrogen and oxygen atoms in total. The summed E-state index contributed by atoms with van der Waals surface area (Å²) in [6, 6.07) is 9.24. The molecule has 0 spiro atoms. The molecule has 28 heavy (non-hydrogen) atoms. The summed E-state index contributed by atoms with van der Waals surface area (Å²) in [5.74, 6) is 1.45. The SMILES string of the molecule is Cc1c(CSc2nnc(-c3cccs3)n2C[C@H]2CCCO2)cccc1[N+](=O)[O-]. The van der Waals surface area contributed by atoms with E-state index >= 15 is 0 Å². The number of benzene rings is 1. The number of hydrogen-bond acceptors (Lipinski definition) is 7. The fraction of sp³-hybridized carbons (Fsp3) is 0.368. The molecule has 1 atom stereocenters. The lowest BCUT2D eigenvalue weighted by Crippen LogP contribution is -2.16. The van der Waals surface area contributed by atoms with Crippen LogP contribution in [0.25, 0.3) is 10.7 Å². The number of nitro benzene ring substituents is 1. The molecule has 9 heteroatoms. The highest BCUT2D eigenvalue weighted by atomic mass is 32.2. The average Bonchev–Trinajstić information content (AvgIpc) is 3.43. The molecular weight excluding hydrogens is 396 g/mol. The smallest absolute Gasteiger partial charge is 0.272 e. The number of hydrogen-bond donors (Lipinski definition) is 0. The topological polar surface area (TPSA) is 83.1 Å². The average molecular weight is 417 g/mol. The van der Waals surface area contributed by atoms with E-state index in [1.165, 1.54) is 0 Å². The van der Waals surface area contributed by atoms with Crippen LogP contribution in [-0.2, 0) is 17.0 Å². The van der Waals surface area contributed by atoms with Crippen molar-refractivity contribution in [2.24, 2.45) is 0 Å². The first-order valence-corrected chi connectivity index (χ1v) is 10.9. The van der Waals surface area contributed by atoms with Crippen LogP contribution < -0.4 is 0 Å². The second kappa shape index (κ2) is 8.42. The Kier molecular flexibility index (Phi) is 5.74. The van der Waals surface area contributed by atoms with E-state index in [0.29, 0.717) is 11.3 Å². The van der Waals surface area contributed by atoms with Gasteiger partial charge in [0.15, 0.2) is 11.0 Å². The Morgan fingerprint density at radius 2 is 2.25 bits per heavy atom. The van der Waals surface area contributed by atoms with Crippen molar-refractivity contribution in [2.45, 2.75) is 43.3 Å². The van der Waals surface area contributed by atoms with Crippen LogP contribution in [0.1, 0.15) is 24.0 Å². The number of nitro groups is 1. The van der Waals surface area contributed by atoms with E-state index in [1.807, 2.05) is 23.6 Å². The Bertz CT molecular complexity index is 966. The number of thiophene rings is 1. The van der Waals surface area contributed by atoms with Gasteiger partial charge in [-0.3, -0.25) is 14.7 Å². The third kappa shape index (κ3) is 3.96. The second-order valence-electron chi connectivity index (χ2n) is 6.64. The van der Waals surface area contributed by atoms with Gasteiger partial charge in [0.2, 0.25) is 0 Å². The Labute approximate surface area is 170 Å². The molecule has 1 saturated heterocycles. The van der Waals surface area contributed by atoms with Gasteiger partial charge in [-0.1, -0.05) is 30.0 Å². The molecule has 146 valence electrons. The summed E-state index contributed by atoms with van der Waals surface area (Å²) < 4.78 is 7.94. The second-order valence-corrected chi connectivity index (χ2v) is 8.53. The lowest BCUT2D eigenvalue weighted by molar-refractivity contribution is -0.385. The van der Waals surface area contributed by atoms with Gasteiger partial charge in [0.25, 0.3) is 5.69 Å². The largest absolute Gasteiger partial charge is 0.376 e. The minimum absolute atomic E-state index is 0.151. The van der Waals surface area contributed by atoms with E-state index in [0.717, 1.165) is 47.4 Å². The van der Waals surface area contributed by atoms with E-state index in [9.17, 15) is 10.1 Å². The van der Waals surface area contributed by atoms with Crippen molar-refractivity contribution in [1.29, 1.82) is 0 Å². The Balaban J connectivity index is 1.59. The first kappa shape index (κ1) is 19.1. The number of nitrogens with zero attached hydrogens (tertiary/aromatic N) is 4. The van der Waals surface area contributed by atoms with Gasteiger partial charge in [-0.2, -0.15) is 0 Å². The fourth-order valence-electron chi connectivity index (χ4n) is 3.31. The van der Waals surface area contributed by atoms with Gasteiger partial charge in [0, 0.05) is 24.0 Å². The highest BCUT2D eigenvalue weighted by Gasteiger charge is 2.22. The standard InChI is InChI=1S/C19H20N4O3S2/c1-13-14(5-2-7-16(13)23(24)25)12-28-19-21-20-18(17-8-4-10-27-17)22(19)11-15-6-3-9-26-15/h2,4-5,7-8,10,15H,3,6,9,11-12H2,1H3/t15-/m1/s1. The fourth-order valence-corrected chi connectivity index (χ4v) is 5.04. The maximum atomic E-state index is 11.2. The Morgan fingerprint density at radius 3 is 2.96 bits per heavy atom. The first-order chi connectivity index (χ1) is 13.6. The minimum atomic E-state index is -0.335. The molecule has 0 saturated carbocycles. The van der Waals surface area contributed by atoms with Gasteiger partial charge in [0.05, 0.1) is 22.4 Å². The van der Waals surface area contributed by atoms with Crippen molar-refractivity contribution in [3.8, 4) is 10.7 Å². The molecule has 0 aliphatic carbocycles. The molecule has 3 heterocycles. The normalized spacial score (nSPS) is 16.5. The van der Waals surface area contributed by atoms with Crippen molar-refractivity contribution in [3.63, 3.8) is 0 Å². The molecule has 4 rings (SSSR count). The molecule has 0 unspecified atom stereocenters. The molecule has 1 fully saturated rings. The lowest BCUT2D eigenvalue weighted by Gasteiger charge is -2.14. The Hall–Kier alpha value is -2.23. The number of thioether (sulfide) groups is 1. The maximum Gasteiger partial charge on any atom is 0.272 e. The predicted octanol–water partition coefficient (Wildman–Crippen LogP) is 4.69. The van der Waals surface area contributed by atoms with Crippen LogP contribution in [0.4, 0.5) is 5.69 Å². The summed E-state index contributed by atoms with van der Waals surface area (Å²) in [5, 5.41) is 22.9. The summed E-state index contributed by atoms with van der Waals surface area (Å²) in [6.07, 6.45) is 2.29. The van der Waals surface area contributed by atoms with Gasteiger partial charge < -0.3 is 4.74 Å². The third-order valence-corrected chi connectivity index (χ3v) is 6.72. The molecule has 3 aromatic rings. The monoisotopic (exact) mass is 416 g/mol. The van der Waals surface area contributed by atoms with E-state index in [2.05, 4.69) is 14.8 Å². The molecule has 0 N–H and O–H groups in total. The van der Waals surface area contributed by atoms with Gasteiger partial charge in [-0.15, -0.1) is 21.5 Å². The quantitative estimate of drug-likeness (QED) is 0.315. The van der Waals surface area contributed by atoms with Crippen LogP contribution in [0, 0.1) is 17.0 Å².